The lowest BCUT2D eigenvalue weighted by molar-refractivity contribution is 0.0911. The molecule has 2 atom stereocenters. The van der Waals surface area contributed by atoms with E-state index in [4.69, 9.17) is 5.73 Å². The van der Waals surface area contributed by atoms with Crippen LogP contribution in [-0.2, 0) is 0 Å². The number of nitrogens with zero attached hydrogens (tertiary/aromatic N) is 1. The Bertz CT molecular complexity index is 481. The van der Waals surface area contributed by atoms with Gasteiger partial charge in [-0.3, -0.25) is 4.79 Å². The number of carbonyl (C=O) groups excluding carboxylic acids is 1. The van der Waals surface area contributed by atoms with Gasteiger partial charge in [0.1, 0.15) is 5.69 Å². The van der Waals surface area contributed by atoms with Crippen LogP contribution in [0.3, 0.4) is 0 Å². The van der Waals surface area contributed by atoms with E-state index < -0.39 is 0 Å². The Morgan fingerprint density at radius 2 is 2.05 bits per heavy atom. The van der Waals surface area contributed by atoms with Crippen molar-refractivity contribution < 1.29 is 4.79 Å². The average Bonchev–Trinajstić information content (AvgIpc) is 3.15. The summed E-state index contributed by atoms with van der Waals surface area (Å²) >= 11 is 3.46. The van der Waals surface area contributed by atoms with Crippen molar-refractivity contribution in [1.82, 2.24) is 9.88 Å². The molecule has 1 aromatic rings. The Morgan fingerprint density at radius 1 is 1.32 bits per heavy atom. The molecule has 19 heavy (non-hydrogen) atoms. The third kappa shape index (κ3) is 2.87. The lowest BCUT2D eigenvalue weighted by atomic mass is 9.91. The highest BCUT2D eigenvalue weighted by molar-refractivity contribution is 9.10. The van der Waals surface area contributed by atoms with E-state index in [-0.39, 0.29) is 18.0 Å². The molecule has 0 aliphatic heterocycles. The molecule has 1 amide bonds. The molecule has 0 bridgehead atoms. The van der Waals surface area contributed by atoms with Crippen molar-refractivity contribution in [3.05, 3.63) is 22.4 Å². The van der Waals surface area contributed by atoms with Crippen molar-refractivity contribution in [2.45, 2.75) is 56.7 Å². The second kappa shape index (κ2) is 5.29. The summed E-state index contributed by atoms with van der Waals surface area (Å²) in [5, 5.41) is 3.12. The fourth-order valence-electron chi connectivity index (χ4n) is 2.86. The first-order valence-electron chi connectivity index (χ1n) is 7.09. The smallest absolute Gasteiger partial charge is 0.268 e. The topological polar surface area (TPSA) is 60.0 Å². The van der Waals surface area contributed by atoms with Crippen LogP contribution in [0.1, 0.15) is 55.1 Å². The van der Waals surface area contributed by atoms with E-state index in [0.717, 1.165) is 29.4 Å². The second-order valence-corrected chi connectivity index (χ2v) is 6.63. The predicted octanol–water partition coefficient (Wildman–Crippen LogP) is 2.59. The number of rotatable bonds is 3. The van der Waals surface area contributed by atoms with Crippen molar-refractivity contribution in [2.75, 3.05) is 0 Å². The van der Waals surface area contributed by atoms with Crippen LogP contribution in [0.15, 0.2) is 16.7 Å². The third-order valence-electron chi connectivity index (χ3n) is 4.12. The minimum absolute atomic E-state index is 0.0138. The first kappa shape index (κ1) is 13.2. The molecule has 3 rings (SSSR count). The molecule has 0 radical (unpaired) electrons. The van der Waals surface area contributed by atoms with E-state index in [9.17, 15) is 4.79 Å². The van der Waals surface area contributed by atoms with Gasteiger partial charge >= 0.3 is 0 Å². The molecule has 2 fully saturated rings. The Morgan fingerprint density at radius 3 is 2.74 bits per heavy atom. The first-order chi connectivity index (χ1) is 9.15. The van der Waals surface area contributed by atoms with Gasteiger partial charge in [0.15, 0.2) is 0 Å². The largest absolute Gasteiger partial charge is 0.346 e. The lowest BCUT2D eigenvalue weighted by Gasteiger charge is -2.29. The Labute approximate surface area is 121 Å². The molecule has 0 saturated heterocycles. The second-order valence-electron chi connectivity index (χ2n) is 5.71. The van der Waals surface area contributed by atoms with Gasteiger partial charge in [-0.15, -0.1) is 0 Å². The van der Waals surface area contributed by atoms with Gasteiger partial charge in [0, 0.05) is 28.8 Å². The van der Waals surface area contributed by atoms with E-state index in [1.54, 1.807) is 0 Å². The molecule has 104 valence electrons. The molecule has 1 aromatic heterocycles. The third-order valence-corrected chi connectivity index (χ3v) is 4.56. The van der Waals surface area contributed by atoms with E-state index in [1.807, 2.05) is 12.3 Å². The van der Waals surface area contributed by atoms with Gasteiger partial charge in [-0.1, -0.05) is 12.8 Å². The summed E-state index contributed by atoms with van der Waals surface area (Å²) in [5.41, 5.74) is 6.85. The van der Waals surface area contributed by atoms with Crippen molar-refractivity contribution in [2.24, 2.45) is 5.73 Å². The number of nitrogens with one attached hydrogen (secondary N) is 1. The number of halogens is 1. The Kier molecular flexibility index (Phi) is 3.67. The van der Waals surface area contributed by atoms with Crippen LogP contribution in [0.25, 0.3) is 0 Å². The van der Waals surface area contributed by atoms with Crippen molar-refractivity contribution in [1.29, 1.82) is 0 Å². The monoisotopic (exact) mass is 325 g/mol. The number of hydrogen-bond donors (Lipinski definition) is 2. The Hall–Kier alpha value is -0.810. The fourth-order valence-corrected chi connectivity index (χ4v) is 3.30. The predicted molar refractivity (Wildman–Crippen MR) is 78.1 cm³/mol. The van der Waals surface area contributed by atoms with Crippen molar-refractivity contribution in [3.8, 4) is 0 Å². The highest BCUT2D eigenvalue weighted by Gasteiger charge is 2.29. The van der Waals surface area contributed by atoms with Crippen LogP contribution >= 0.6 is 15.9 Å². The van der Waals surface area contributed by atoms with E-state index in [1.165, 1.54) is 19.3 Å². The number of carbonyl (C=O) groups is 1. The highest BCUT2D eigenvalue weighted by Crippen LogP contribution is 2.37. The standard InChI is InChI=1S/C14H20BrN3O/c15-9-7-13(18(8-9)10-5-6-10)14(19)17-12-4-2-1-3-11(12)16/h7-8,10-12H,1-6,16H2,(H,17,19)/t11-,12-/m1/s1. The van der Waals surface area contributed by atoms with Crippen LogP contribution < -0.4 is 11.1 Å². The molecule has 3 N–H and O–H groups in total. The maximum Gasteiger partial charge on any atom is 0.268 e. The number of hydrogen-bond acceptors (Lipinski definition) is 2. The van der Waals surface area contributed by atoms with E-state index >= 15 is 0 Å². The van der Waals surface area contributed by atoms with E-state index in [2.05, 4.69) is 25.8 Å². The zero-order valence-electron chi connectivity index (χ0n) is 10.9. The zero-order chi connectivity index (χ0) is 13.4. The number of amides is 1. The minimum atomic E-state index is 0.0138. The number of aromatic nitrogens is 1. The van der Waals surface area contributed by atoms with E-state index in [0.29, 0.717) is 6.04 Å². The zero-order valence-corrected chi connectivity index (χ0v) is 12.5. The molecule has 2 saturated carbocycles. The molecule has 0 spiro atoms. The van der Waals surface area contributed by atoms with Crippen molar-refractivity contribution in [3.63, 3.8) is 0 Å². The maximum absolute atomic E-state index is 12.4. The van der Waals surface area contributed by atoms with Crippen LogP contribution in [0.5, 0.6) is 0 Å². The summed E-state index contributed by atoms with van der Waals surface area (Å²) in [6, 6.07) is 2.64. The summed E-state index contributed by atoms with van der Waals surface area (Å²) in [7, 11) is 0. The molecule has 0 unspecified atom stereocenters. The summed E-state index contributed by atoms with van der Waals surface area (Å²) in [6.45, 7) is 0. The minimum Gasteiger partial charge on any atom is -0.346 e. The van der Waals surface area contributed by atoms with Gasteiger partial charge < -0.3 is 15.6 Å². The summed E-state index contributed by atoms with van der Waals surface area (Å²) in [6.07, 6.45) is 8.70. The highest BCUT2D eigenvalue weighted by atomic mass is 79.9. The van der Waals surface area contributed by atoms with Crippen LogP contribution in [0.4, 0.5) is 0 Å². The summed E-state index contributed by atoms with van der Waals surface area (Å²) < 4.78 is 3.06. The molecule has 2 aliphatic carbocycles. The fraction of sp³-hybridized carbons (Fsp3) is 0.643. The van der Waals surface area contributed by atoms with Gasteiger partial charge in [-0.2, -0.15) is 0 Å². The molecule has 1 heterocycles. The summed E-state index contributed by atoms with van der Waals surface area (Å²) in [4.78, 5) is 12.4. The maximum atomic E-state index is 12.4. The molecule has 5 heteroatoms. The van der Waals surface area contributed by atoms with Crippen LogP contribution in [0, 0.1) is 0 Å². The summed E-state index contributed by atoms with van der Waals surface area (Å²) in [5.74, 6) is 0.0138. The Balaban J connectivity index is 1.72. The molecular weight excluding hydrogens is 306 g/mol. The van der Waals surface area contributed by atoms with Crippen LogP contribution in [0.2, 0.25) is 0 Å². The SMILES string of the molecule is N[C@@H]1CCCC[C@H]1NC(=O)c1cc(Br)cn1C1CC1. The van der Waals surface area contributed by atoms with Gasteiger partial charge in [0.25, 0.3) is 5.91 Å². The molecular formula is C14H20BrN3O. The van der Waals surface area contributed by atoms with Gasteiger partial charge in [0.05, 0.1) is 0 Å². The van der Waals surface area contributed by atoms with Crippen molar-refractivity contribution >= 4 is 21.8 Å². The van der Waals surface area contributed by atoms with Gasteiger partial charge in [-0.05, 0) is 47.7 Å². The molecule has 0 aromatic carbocycles. The van der Waals surface area contributed by atoms with Gasteiger partial charge in [-0.25, -0.2) is 0 Å². The van der Waals surface area contributed by atoms with Crippen LogP contribution in [-0.4, -0.2) is 22.6 Å². The lowest BCUT2D eigenvalue weighted by Crippen LogP contribution is -2.49. The first-order valence-corrected chi connectivity index (χ1v) is 7.88. The quantitative estimate of drug-likeness (QED) is 0.897. The normalized spacial score (nSPS) is 27.3. The van der Waals surface area contributed by atoms with Gasteiger partial charge in [0.2, 0.25) is 0 Å². The number of nitrogens with two attached hydrogens (primary N) is 1. The molecule has 4 nitrogen and oxygen atoms in total. The average molecular weight is 326 g/mol. The molecule has 2 aliphatic rings.